The van der Waals surface area contributed by atoms with E-state index < -0.39 is 18.4 Å². The molecule has 0 amide bonds. The largest absolute Gasteiger partial charge is 0.550 e. The van der Waals surface area contributed by atoms with Crippen molar-refractivity contribution < 1.29 is 30.3 Å². The predicted octanol–water partition coefficient (Wildman–Crippen LogP) is -2.45. The molecule has 7 heteroatoms. The molecule has 1 heterocycles. The lowest BCUT2D eigenvalue weighted by Gasteiger charge is -2.25. The maximum Gasteiger partial charge on any atom is 0.303 e. The third-order valence-electron chi connectivity index (χ3n) is 2.37. The van der Waals surface area contributed by atoms with Crippen LogP contribution in [-0.2, 0) is 14.3 Å². The molecule has 0 radical (unpaired) electrons. The van der Waals surface area contributed by atoms with Gasteiger partial charge >= 0.3 is 5.97 Å². The number of hydrogen-bond acceptors (Lipinski definition) is 5. The number of ether oxygens (including phenoxy) is 1. The van der Waals surface area contributed by atoms with Gasteiger partial charge in [-0.3, -0.25) is 9.69 Å². The Morgan fingerprint density at radius 3 is 2.28 bits per heavy atom. The fraction of sp³-hybridized carbons (Fsp3) is 0.818. The topological polar surface area (TPSA) is 118 Å². The maximum absolute atomic E-state index is 9.61. The van der Waals surface area contributed by atoms with Gasteiger partial charge in [0.2, 0.25) is 0 Å². The standard InChI is InChI=1S/C7H16N2O.C4H6O4/c8-2-1-3-9-4-6-10-7-5-9;5-3(6)1-2-4(7)8/h1-8H2;1-2H2,(H,5,6)(H,7,8). The van der Waals surface area contributed by atoms with Gasteiger partial charge in [-0.15, -0.1) is 0 Å². The van der Waals surface area contributed by atoms with Crippen molar-refractivity contribution in [3.8, 4) is 0 Å². The van der Waals surface area contributed by atoms with Crippen LogP contribution < -0.4 is 10.8 Å². The summed E-state index contributed by atoms with van der Waals surface area (Å²) in [5.74, 6) is -2.44. The lowest BCUT2D eigenvalue weighted by molar-refractivity contribution is -0.368. The van der Waals surface area contributed by atoms with Crippen molar-refractivity contribution in [1.82, 2.24) is 4.90 Å². The Morgan fingerprint density at radius 1 is 1.28 bits per heavy atom. The lowest BCUT2D eigenvalue weighted by atomic mass is 10.3. The van der Waals surface area contributed by atoms with Crippen molar-refractivity contribution in [2.45, 2.75) is 19.3 Å². The van der Waals surface area contributed by atoms with Gasteiger partial charge in [0.05, 0.1) is 26.2 Å². The van der Waals surface area contributed by atoms with Gasteiger partial charge in [-0.25, -0.2) is 0 Å². The molecular weight excluding hydrogens is 240 g/mol. The van der Waals surface area contributed by atoms with E-state index in [0.717, 1.165) is 32.8 Å². The number of carboxylic acids is 2. The predicted molar refractivity (Wildman–Crippen MR) is 61.5 cm³/mol. The summed E-state index contributed by atoms with van der Waals surface area (Å²) < 4.78 is 5.22. The first-order chi connectivity index (χ1) is 8.56. The zero-order valence-electron chi connectivity index (χ0n) is 10.6. The molecule has 1 fully saturated rings. The SMILES string of the molecule is O=C([O-])CCC(=O)O.[NH3+]CCCN1CCOCC1. The molecule has 0 aliphatic carbocycles. The van der Waals surface area contributed by atoms with Gasteiger partial charge in [0, 0.05) is 32.0 Å². The molecule has 1 rings (SSSR count). The maximum atomic E-state index is 9.61. The van der Waals surface area contributed by atoms with Crippen LogP contribution >= 0.6 is 0 Å². The van der Waals surface area contributed by atoms with E-state index in [1.807, 2.05) is 0 Å². The van der Waals surface area contributed by atoms with Gasteiger partial charge in [0.25, 0.3) is 0 Å². The first kappa shape index (κ1) is 16.8. The summed E-state index contributed by atoms with van der Waals surface area (Å²) in [7, 11) is 0. The summed E-state index contributed by atoms with van der Waals surface area (Å²) in [6, 6.07) is 0. The zero-order chi connectivity index (χ0) is 13.8. The quantitative estimate of drug-likeness (QED) is 0.549. The molecule has 0 atom stereocenters. The lowest BCUT2D eigenvalue weighted by Crippen LogP contribution is -2.51. The van der Waals surface area contributed by atoms with Crippen molar-refractivity contribution in [2.75, 3.05) is 39.4 Å². The Bertz CT molecular complexity index is 228. The number of aliphatic carboxylic acids is 2. The number of nitrogens with zero attached hydrogens (tertiary/aromatic N) is 1. The summed E-state index contributed by atoms with van der Waals surface area (Å²) in [4.78, 5) is 21.6. The molecule has 0 bridgehead atoms. The number of carbonyl (C=O) groups is 2. The van der Waals surface area contributed by atoms with Crippen LogP contribution in [0, 0.1) is 0 Å². The first-order valence-electron chi connectivity index (χ1n) is 6.07. The fourth-order valence-electron chi connectivity index (χ4n) is 1.37. The molecular formula is C11H22N2O5. The number of hydrogen-bond donors (Lipinski definition) is 2. The smallest absolute Gasteiger partial charge is 0.303 e. The second-order valence-corrected chi connectivity index (χ2v) is 3.93. The average molecular weight is 262 g/mol. The molecule has 7 nitrogen and oxygen atoms in total. The molecule has 4 N–H and O–H groups in total. The Labute approximate surface area is 107 Å². The Kier molecular flexibility index (Phi) is 10.2. The van der Waals surface area contributed by atoms with Gasteiger partial charge < -0.3 is 25.5 Å². The molecule has 1 saturated heterocycles. The van der Waals surface area contributed by atoms with Gasteiger partial charge in [-0.05, 0) is 6.42 Å². The molecule has 1 aliphatic rings. The van der Waals surface area contributed by atoms with E-state index in [2.05, 4.69) is 10.6 Å². The van der Waals surface area contributed by atoms with E-state index in [1.165, 1.54) is 13.0 Å². The summed E-state index contributed by atoms with van der Waals surface area (Å²) in [5.41, 5.74) is 3.81. The molecule has 18 heavy (non-hydrogen) atoms. The van der Waals surface area contributed by atoms with Crippen LogP contribution in [0.1, 0.15) is 19.3 Å². The van der Waals surface area contributed by atoms with E-state index >= 15 is 0 Å². The zero-order valence-corrected chi connectivity index (χ0v) is 10.6. The fourth-order valence-corrected chi connectivity index (χ4v) is 1.37. The van der Waals surface area contributed by atoms with Crippen molar-refractivity contribution in [1.29, 1.82) is 0 Å². The molecule has 0 aromatic carbocycles. The number of carbonyl (C=O) groups excluding carboxylic acids is 1. The van der Waals surface area contributed by atoms with E-state index in [-0.39, 0.29) is 6.42 Å². The minimum absolute atomic E-state index is 0.359. The number of rotatable bonds is 6. The third-order valence-corrected chi connectivity index (χ3v) is 2.37. The molecule has 106 valence electrons. The third kappa shape index (κ3) is 11.3. The Balaban J connectivity index is 0.000000331. The van der Waals surface area contributed by atoms with Crippen LogP contribution in [0.5, 0.6) is 0 Å². The molecule has 0 aromatic rings. The van der Waals surface area contributed by atoms with E-state index in [4.69, 9.17) is 9.84 Å². The van der Waals surface area contributed by atoms with E-state index in [9.17, 15) is 14.7 Å². The van der Waals surface area contributed by atoms with Crippen LogP contribution in [0.3, 0.4) is 0 Å². The monoisotopic (exact) mass is 262 g/mol. The van der Waals surface area contributed by atoms with Gasteiger partial charge in [0.15, 0.2) is 0 Å². The minimum Gasteiger partial charge on any atom is -0.550 e. The van der Waals surface area contributed by atoms with Crippen LogP contribution in [0.15, 0.2) is 0 Å². The molecule has 1 aliphatic heterocycles. The molecule has 0 spiro atoms. The normalized spacial score (nSPS) is 15.6. The highest BCUT2D eigenvalue weighted by Crippen LogP contribution is 1.96. The molecule has 0 aromatic heterocycles. The summed E-state index contributed by atoms with van der Waals surface area (Å²) >= 11 is 0. The highest BCUT2D eigenvalue weighted by atomic mass is 16.5. The highest BCUT2D eigenvalue weighted by molar-refractivity contribution is 5.74. The number of morpholine rings is 1. The van der Waals surface area contributed by atoms with Gasteiger partial charge in [-0.1, -0.05) is 0 Å². The molecule has 0 saturated carbocycles. The first-order valence-corrected chi connectivity index (χ1v) is 6.07. The van der Waals surface area contributed by atoms with Gasteiger partial charge in [-0.2, -0.15) is 0 Å². The summed E-state index contributed by atoms with van der Waals surface area (Å²) in [6.45, 7) is 6.30. The highest BCUT2D eigenvalue weighted by Gasteiger charge is 2.08. The second kappa shape index (κ2) is 10.9. The summed E-state index contributed by atoms with van der Waals surface area (Å²) in [6.07, 6.45) is 0.456. The average Bonchev–Trinajstić information content (AvgIpc) is 2.36. The van der Waals surface area contributed by atoms with Crippen molar-refractivity contribution in [3.05, 3.63) is 0 Å². The minimum atomic E-state index is -1.33. The Morgan fingerprint density at radius 2 is 1.89 bits per heavy atom. The van der Waals surface area contributed by atoms with Crippen molar-refractivity contribution in [2.24, 2.45) is 0 Å². The van der Waals surface area contributed by atoms with Crippen LogP contribution in [0.2, 0.25) is 0 Å². The summed E-state index contributed by atoms with van der Waals surface area (Å²) in [5, 5.41) is 17.4. The van der Waals surface area contributed by atoms with Crippen molar-refractivity contribution >= 4 is 11.9 Å². The van der Waals surface area contributed by atoms with Crippen molar-refractivity contribution in [3.63, 3.8) is 0 Å². The van der Waals surface area contributed by atoms with Crippen LogP contribution in [-0.4, -0.2) is 61.3 Å². The van der Waals surface area contributed by atoms with Crippen LogP contribution in [0.25, 0.3) is 0 Å². The Hall–Kier alpha value is -1.18. The number of carboxylic acid groups (broad SMARTS) is 2. The van der Waals surface area contributed by atoms with Gasteiger partial charge in [0.1, 0.15) is 0 Å². The number of quaternary nitrogens is 1. The second-order valence-electron chi connectivity index (χ2n) is 3.93. The van der Waals surface area contributed by atoms with Crippen LogP contribution in [0.4, 0.5) is 0 Å². The van der Waals surface area contributed by atoms with E-state index in [0.29, 0.717) is 0 Å². The molecule has 0 unspecified atom stereocenters. The van der Waals surface area contributed by atoms with E-state index in [1.54, 1.807) is 0 Å².